The molecule has 0 radical (unpaired) electrons. The summed E-state index contributed by atoms with van der Waals surface area (Å²) in [5.41, 5.74) is 0. The molecule has 1 fully saturated rings. The molecule has 0 bridgehead atoms. The third kappa shape index (κ3) is 3.18. The van der Waals surface area contributed by atoms with Crippen LogP contribution in [-0.4, -0.2) is 60.4 Å². The molecule has 16 heavy (non-hydrogen) atoms. The SMILES string of the molecule is COCC(O)CN(C)C(=O)C1CC1C(=O)O. The van der Waals surface area contributed by atoms with Crippen molar-refractivity contribution in [3.8, 4) is 0 Å². The number of rotatable bonds is 6. The first kappa shape index (κ1) is 12.9. The van der Waals surface area contributed by atoms with E-state index in [1.165, 1.54) is 12.0 Å². The fourth-order valence-corrected chi connectivity index (χ4v) is 1.68. The van der Waals surface area contributed by atoms with Crippen molar-refractivity contribution in [3.05, 3.63) is 0 Å². The van der Waals surface area contributed by atoms with Crippen LogP contribution < -0.4 is 0 Å². The predicted molar refractivity (Wildman–Crippen MR) is 54.8 cm³/mol. The molecule has 1 saturated carbocycles. The first-order valence-corrected chi connectivity index (χ1v) is 5.12. The number of aliphatic hydroxyl groups excluding tert-OH is 1. The molecule has 1 aliphatic carbocycles. The normalized spacial score (nSPS) is 24.9. The second-order valence-electron chi connectivity index (χ2n) is 4.11. The highest BCUT2D eigenvalue weighted by atomic mass is 16.5. The number of carbonyl (C=O) groups excluding carboxylic acids is 1. The number of carboxylic acids is 1. The van der Waals surface area contributed by atoms with Crippen LogP contribution in [0.4, 0.5) is 0 Å². The van der Waals surface area contributed by atoms with E-state index >= 15 is 0 Å². The highest BCUT2D eigenvalue weighted by Crippen LogP contribution is 2.39. The molecule has 3 atom stereocenters. The topological polar surface area (TPSA) is 87.1 Å². The summed E-state index contributed by atoms with van der Waals surface area (Å²) < 4.78 is 4.74. The zero-order chi connectivity index (χ0) is 12.3. The molecule has 92 valence electrons. The lowest BCUT2D eigenvalue weighted by molar-refractivity contribution is -0.142. The molecule has 0 spiro atoms. The van der Waals surface area contributed by atoms with E-state index in [0.717, 1.165) is 0 Å². The van der Waals surface area contributed by atoms with Crippen molar-refractivity contribution in [1.29, 1.82) is 0 Å². The quantitative estimate of drug-likeness (QED) is 0.623. The molecule has 6 heteroatoms. The monoisotopic (exact) mass is 231 g/mol. The standard InChI is InChI=1S/C10H17NO5/c1-11(4-6(12)5-16-2)9(13)7-3-8(7)10(14)15/h6-8,12H,3-5H2,1-2H3,(H,14,15). The molecule has 6 nitrogen and oxygen atoms in total. The number of ether oxygens (including phenoxy) is 1. The van der Waals surface area contributed by atoms with Crippen molar-refractivity contribution in [2.75, 3.05) is 27.3 Å². The van der Waals surface area contributed by atoms with Gasteiger partial charge in [-0.05, 0) is 6.42 Å². The Morgan fingerprint density at radius 1 is 1.50 bits per heavy atom. The minimum Gasteiger partial charge on any atom is -0.481 e. The molecule has 0 aromatic heterocycles. The molecule has 2 N–H and O–H groups in total. The Bertz CT molecular complexity index is 280. The van der Waals surface area contributed by atoms with Crippen molar-refractivity contribution in [1.82, 2.24) is 4.90 Å². The molecular formula is C10H17NO5. The zero-order valence-corrected chi connectivity index (χ0v) is 9.42. The van der Waals surface area contributed by atoms with E-state index in [4.69, 9.17) is 9.84 Å². The lowest BCUT2D eigenvalue weighted by Gasteiger charge is -2.20. The second kappa shape index (κ2) is 5.27. The first-order chi connectivity index (χ1) is 7.47. The minimum absolute atomic E-state index is 0.157. The summed E-state index contributed by atoms with van der Waals surface area (Å²) in [5, 5.41) is 18.1. The van der Waals surface area contributed by atoms with E-state index in [9.17, 15) is 14.7 Å². The lowest BCUT2D eigenvalue weighted by atomic mass is 10.2. The Balaban J connectivity index is 2.35. The molecule has 0 saturated heterocycles. The number of likely N-dealkylation sites (N-methyl/N-ethyl adjacent to an activating group) is 1. The van der Waals surface area contributed by atoms with Crippen LogP contribution in [0.25, 0.3) is 0 Å². The van der Waals surface area contributed by atoms with Crippen LogP contribution in [-0.2, 0) is 14.3 Å². The largest absolute Gasteiger partial charge is 0.481 e. The summed E-state index contributed by atoms with van der Waals surface area (Å²) in [6.07, 6.45) is -0.334. The highest BCUT2D eigenvalue weighted by molar-refractivity contribution is 5.89. The molecule has 1 rings (SSSR count). The molecule has 0 aliphatic heterocycles. The maximum absolute atomic E-state index is 11.7. The summed E-state index contributed by atoms with van der Waals surface area (Å²) in [6, 6.07) is 0. The van der Waals surface area contributed by atoms with Crippen molar-refractivity contribution >= 4 is 11.9 Å². The highest BCUT2D eigenvalue weighted by Gasteiger charge is 2.49. The van der Waals surface area contributed by atoms with Gasteiger partial charge in [0.1, 0.15) is 0 Å². The van der Waals surface area contributed by atoms with Gasteiger partial charge in [-0.15, -0.1) is 0 Å². The van der Waals surface area contributed by atoms with E-state index in [2.05, 4.69) is 0 Å². The van der Waals surface area contributed by atoms with E-state index in [0.29, 0.717) is 6.42 Å². The first-order valence-electron chi connectivity index (χ1n) is 5.12. The molecule has 0 aromatic carbocycles. The average Bonchev–Trinajstić information content (AvgIpc) is 2.96. The number of methoxy groups -OCH3 is 1. The van der Waals surface area contributed by atoms with Gasteiger partial charge in [-0.1, -0.05) is 0 Å². The molecule has 0 aromatic rings. The zero-order valence-electron chi connectivity index (χ0n) is 9.42. The number of hydrogen-bond acceptors (Lipinski definition) is 4. The third-order valence-electron chi connectivity index (χ3n) is 2.64. The predicted octanol–water partition coefficient (Wildman–Crippen LogP) is -0.827. The van der Waals surface area contributed by atoms with Crippen molar-refractivity contribution in [2.45, 2.75) is 12.5 Å². The van der Waals surface area contributed by atoms with E-state index in [1.807, 2.05) is 0 Å². The van der Waals surface area contributed by atoms with Crippen LogP contribution in [0.1, 0.15) is 6.42 Å². The fraction of sp³-hybridized carbons (Fsp3) is 0.800. The van der Waals surface area contributed by atoms with Crippen LogP contribution in [0.15, 0.2) is 0 Å². The number of carbonyl (C=O) groups is 2. The van der Waals surface area contributed by atoms with Gasteiger partial charge in [-0.25, -0.2) is 0 Å². The van der Waals surface area contributed by atoms with Gasteiger partial charge in [0, 0.05) is 20.7 Å². The van der Waals surface area contributed by atoms with Crippen LogP contribution in [0, 0.1) is 11.8 Å². The Morgan fingerprint density at radius 3 is 2.56 bits per heavy atom. The lowest BCUT2D eigenvalue weighted by Crippen LogP contribution is -2.37. The van der Waals surface area contributed by atoms with Gasteiger partial charge in [-0.2, -0.15) is 0 Å². The summed E-state index contributed by atoms with van der Waals surface area (Å²) in [5.74, 6) is -2.11. The van der Waals surface area contributed by atoms with E-state index in [-0.39, 0.29) is 19.1 Å². The Morgan fingerprint density at radius 2 is 2.12 bits per heavy atom. The van der Waals surface area contributed by atoms with Gasteiger partial charge in [0.2, 0.25) is 5.91 Å². The molecule has 1 aliphatic rings. The van der Waals surface area contributed by atoms with Crippen molar-refractivity contribution < 1.29 is 24.5 Å². The maximum atomic E-state index is 11.7. The van der Waals surface area contributed by atoms with Gasteiger partial charge >= 0.3 is 5.97 Å². The number of nitrogens with zero attached hydrogens (tertiary/aromatic N) is 1. The van der Waals surface area contributed by atoms with Crippen molar-refractivity contribution in [2.24, 2.45) is 11.8 Å². The van der Waals surface area contributed by atoms with E-state index < -0.39 is 23.9 Å². The maximum Gasteiger partial charge on any atom is 0.307 e. The number of aliphatic carboxylic acids is 1. The van der Waals surface area contributed by atoms with Crippen LogP contribution >= 0.6 is 0 Å². The van der Waals surface area contributed by atoms with E-state index in [1.54, 1.807) is 7.05 Å². The van der Waals surface area contributed by atoms with Crippen LogP contribution in [0.5, 0.6) is 0 Å². The minimum atomic E-state index is -0.927. The van der Waals surface area contributed by atoms with Crippen LogP contribution in [0.3, 0.4) is 0 Å². The summed E-state index contributed by atoms with van der Waals surface area (Å²) in [4.78, 5) is 23.6. The number of amides is 1. The Labute approximate surface area is 93.8 Å². The smallest absolute Gasteiger partial charge is 0.307 e. The average molecular weight is 231 g/mol. The van der Waals surface area contributed by atoms with Crippen LogP contribution in [0.2, 0.25) is 0 Å². The van der Waals surface area contributed by atoms with Gasteiger partial charge in [0.25, 0.3) is 0 Å². The Hall–Kier alpha value is -1.14. The molecular weight excluding hydrogens is 214 g/mol. The Kier molecular flexibility index (Phi) is 4.26. The van der Waals surface area contributed by atoms with Crippen molar-refractivity contribution in [3.63, 3.8) is 0 Å². The number of carboxylic acid groups (broad SMARTS) is 1. The van der Waals surface area contributed by atoms with Gasteiger partial charge in [0.05, 0.1) is 24.5 Å². The summed E-state index contributed by atoms with van der Waals surface area (Å²) >= 11 is 0. The number of aliphatic hydroxyl groups is 1. The summed E-state index contributed by atoms with van der Waals surface area (Å²) in [7, 11) is 3.02. The number of hydrogen-bond donors (Lipinski definition) is 2. The molecule has 1 amide bonds. The molecule has 0 heterocycles. The van der Waals surface area contributed by atoms with Gasteiger partial charge < -0.3 is 19.8 Å². The second-order valence-corrected chi connectivity index (χ2v) is 4.11. The summed E-state index contributed by atoms with van der Waals surface area (Å²) in [6.45, 7) is 0.320. The third-order valence-corrected chi connectivity index (χ3v) is 2.64. The molecule has 3 unspecified atom stereocenters. The van der Waals surface area contributed by atoms with Gasteiger partial charge in [0.15, 0.2) is 0 Å². The van der Waals surface area contributed by atoms with Gasteiger partial charge in [-0.3, -0.25) is 9.59 Å². The fourth-order valence-electron chi connectivity index (χ4n) is 1.68.